The summed E-state index contributed by atoms with van der Waals surface area (Å²) in [5.41, 5.74) is 0. The molecule has 0 radical (unpaired) electrons. The van der Waals surface area contributed by atoms with Gasteiger partial charge in [0.05, 0.1) is 13.2 Å². The molecule has 0 amide bonds. The molecule has 0 aromatic rings. The quantitative estimate of drug-likeness (QED) is 0.0362. The molecule has 0 N–H and O–H groups in total. The molecule has 0 saturated carbocycles. The molecule has 0 aliphatic rings. The van der Waals surface area contributed by atoms with Crippen LogP contribution < -0.4 is 0 Å². The van der Waals surface area contributed by atoms with Gasteiger partial charge in [0.1, 0.15) is 0 Å². The van der Waals surface area contributed by atoms with Crippen LogP contribution in [-0.2, 0) is 33.5 Å². The van der Waals surface area contributed by atoms with Crippen LogP contribution >= 0.6 is 6.12 Å². The molecule has 0 aliphatic carbocycles. The zero-order chi connectivity index (χ0) is 32.8. The molecular formula is C40H82O2PS2-. The molecule has 0 spiro atoms. The van der Waals surface area contributed by atoms with Gasteiger partial charge >= 0.3 is 0 Å². The summed E-state index contributed by atoms with van der Waals surface area (Å²) in [6, 6.07) is 0. The maximum Gasteiger partial charge on any atom is 0.0892 e. The fraction of sp³-hybridized carbons (Fsp3) is 1.00. The highest BCUT2D eigenvalue weighted by Gasteiger charge is 2.10. The summed E-state index contributed by atoms with van der Waals surface area (Å²) in [6.07, 6.45) is 47.6. The molecule has 0 aliphatic heterocycles. The zero-order valence-corrected chi connectivity index (χ0v) is 33.5. The molecule has 272 valence electrons. The highest BCUT2D eigenvalue weighted by molar-refractivity contribution is 8.70. The minimum atomic E-state index is -2.46. The second-order valence-electron chi connectivity index (χ2n) is 14.1. The van der Waals surface area contributed by atoms with Gasteiger partial charge in [0.15, 0.2) is 0 Å². The molecule has 0 atom stereocenters. The highest BCUT2D eigenvalue weighted by Crippen LogP contribution is 2.56. The number of rotatable bonds is 40. The molecule has 0 rings (SSSR count). The van der Waals surface area contributed by atoms with Crippen molar-refractivity contribution in [2.45, 2.75) is 245 Å². The number of hydrogen-bond donors (Lipinski definition) is 0. The Morgan fingerprint density at radius 2 is 0.422 bits per heavy atom. The Bertz CT molecular complexity index is 490. The van der Waals surface area contributed by atoms with Crippen molar-refractivity contribution in [1.29, 1.82) is 0 Å². The number of hydrogen-bond acceptors (Lipinski definition) is 4. The van der Waals surface area contributed by atoms with Gasteiger partial charge in [0.2, 0.25) is 0 Å². The van der Waals surface area contributed by atoms with Crippen LogP contribution in [0, 0.1) is 0 Å². The van der Waals surface area contributed by atoms with Crippen LogP contribution in [0.15, 0.2) is 0 Å². The summed E-state index contributed by atoms with van der Waals surface area (Å²) in [4.78, 5) is 0. The monoisotopic (exact) mass is 690 g/mol. The minimum absolute atomic E-state index is 0.679. The lowest BCUT2D eigenvalue weighted by molar-refractivity contribution is 0.247. The Morgan fingerprint density at radius 1 is 0.267 bits per heavy atom. The van der Waals surface area contributed by atoms with E-state index in [1.54, 1.807) is 0 Å². The van der Waals surface area contributed by atoms with Gasteiger partial charge in [-0.1, -0.05) is 232 Å². The van der Waals surface area contributed by atoms with Crippen molar-refractivity contribution in [1.82, 2.24) is 0 Å². The maximum absolute atomic E-state index is 5.81. The first kappa shape index (κ1) is 46.0. The minimum Gasteiger partial charge on any atom is -0.516 e. The fourth-order valence-corrected chi connectivity index (χ4v) is 8.07. The predicted octanol–water partition coefficient (Wildman–Crippen LogP) is 15.9. The smallest absolute Gasteiger partial charge is 0.0892 e. The molecule has 0 unspecified atom stereocenters. The molecule has 0 saturated heterocycles. The number of unbranched alkanes of at least 4 members (excludes halogenated alkanes) is 34. The summed E-state index contributed by atoms with van der Waals surface area (Å²) >= 11 is 10.9. The van der Waals surface area contributed by atoms with E-state index in [0.29, 0.717) is 13.2 Å². The van der Waals surface area contributed by atoms with Crippen LogP contribution in [0.4, 0.5) is 0 Å². The third kappa shape index (κ3) is 41.1. The van der Waals surface area contributed by atoms with E-state index in [4.69, 9.17) is 33.5 Å². The van der Waals surface area contributed by atoms with Crippen molar-refractivity contribution >= 4 is 30.6 Å². The van der Waals surface area contributed by atoms with E-state index in [2.05, 4.69) is 13.8 Å². The first-order chi connectivity index (χ1) is 22.1. The molecule has 0 fully saturated rings. The standard InChI is InChI=1S/C40H83O2PS2/c1-3-5-7-9-11-13-15-17-19-21-23-25-27-29-31-33-35-37-39-41-43(44,45)42-40-38-36-34-32-30-28-26-24-22-20-18-16-14-12-10-8-6-4-2/h3-40H2,1-2H3,(H,44,45)/p-1. The Hall–Kier alpha value is 1.05. The summed E-state index contributed by atoms with van der Waals surface area (Å²) in [7, 11) is 0. The topological polar surface area (TPSA) is 18.5 Å². The highest BCUT2D eigenvalue weighted by atomic mass is 33.1. The summed E-state index contributed by atoms with van der Waals surface area (Å²) in [6.45, 7) is 5.95. The van der Waals surface area contributed by atoms with Crippen LogP contribution in [0.25, 0.3) is 0 Å². The normalized spacial score (nSPS) is 12.0. The third-order valence-electron chi connectivity index (χ3n) is 9.49. The lowest BCUT2D eigenvalue weighted by Crippen LogP contribution is -2.01. The lowest BCUT2D eigenvalue weighted by Gasteiger charge is -2.34. The Morgan fingerprint density at radius 3 is 0.600 bits per heavy atom. The van der Waals surface area contributed by atoms with Crippen LogP contribution in [0.1, 0.15) is 245 Å². The first-order valence-electron chi connectivity index (χ1n) is 20.7. The van der Waals surface area contributed by atoms with Gasteiger partial charge < -0.3 is 24.5 Å². The molecule has 0 heterocycles. The molecule has 0 bridgehead atoms. The van der Waals surface area contributed by atoms with Crippen LogP contribution in [0.5, 0.6) is 0 Å². The molecule has 5 heteroatoms. The average Bonchev–Trinajstić information content (AvgIpc) is 3.03. The van der Waals surface area contributed by atoms with Crippen molar-refractivity contribution in [2.75, 3.05) is 13.2 Å². The van der Waals surface area contributed by atoms with Gasteiger partial charge in [-0.05, 0) is 12.8 Å². The molecule has 0 aromatic carbocycles. The van der Waals surface area contributed by atoms with Crippen molar-refractivity contribution in [2.24, 2.45) is 0 Å². The van der Waals surface area contributed by atoms with E-state index < -0.39 is 6.12 Å². The third-order valence-corrected chi connectivity index (χ3v) is 11.8. The first-order valence-corrected chi connectivity index (χ1v) is 24.4. The summed E-state index contributed by atoms with van der Waals surface area (Å²) in [5.74, 6) is 0. The van der Waals surface area contributed by atoms with Crippen molar-refractivity contribution in [3.63, 3.8) is 0 Å². The maximum atomic E-state index is 5.81. The van der Waals surface area contributed by atoms with Crippen molar-refractivity contribution < 1.29 is 9.05 Å². The van der Waals surface area contributed by atoms with Crippen LogP contribution in [0.2, 0.25) is 0 Å². The largest absolute Gasteiger partial charge is 0.516 e. The predicted molar refractivity (Wildman–Crippen MR) is 211 cm³/mol. The van der Waals surface area contributed by atoms with Gasteiger partial charge in [-0.2, -0.15) is 0 Å². The van der Waals surface area contributed by atoms with Gasteiger partial charge in [-0.3, -0.25) is 9.05 Å². The second kappa shape index (κ2) is 39.5. The molecule has 0 aromatic heterocycles. The van der Waals surface area contributed by atoms with E-state index in [0.717, 1.165) is 12.8 Å². The molecular weight excluding hydrogens is 608 g/mol. The van der Waals surface area contributed by atoms with Crippen LogP contribution in [-0.4, -0.2) is 13.2 Å². The lowest BCUT2D eigenvalue weighted by atomic mass is 10.0. The van der Waals surface area contributed by atoms with Crippen molar-refractivity contribution in [3.8, 4) is 0 Å². The van der Waals surface area contributed by atoms with Gasteiger partial charge in [-0.25, -0.2) is 0 Å². The molecule has 45 heavy (non-hydrogen) atoms. The average molecular weight is 690 g/mol. The van der Waals surface area contributed by atoms with Gasteiger partial charge in [0.25, 0.3) is 0 Å². The van der Waals surface area contributed by atoms with Crippen LogP contribution in [0.3, 0.4) is 0 Å². The summed E-state index contributed by atoms with van der Waals surface area (Å²) < 4.78 is 11.6. The zero-order valence-electron chi connectivity index (χ0n) is 31.0. The van der Waals surface area contributed by atoms with E-state index in [9.17, 15) is 0 Å². The second-order valence-corrected chi connectivity index (χ2v) is 19.1. The SMILES string of the molecule is CCCCCCCCCCCCCCCCCCCCO[P+]([S-])([S-])OCCCCCCCCCCCCCCCCCCCC. The summed E-state index contributed by atoms with van der Waals surface area (Å²) in [5, 5.41) is 0. The Labute approximate surface area is 296 Å². The fourth-order valence-electron chi connectivity index (χ4n) is 6.40. The van der Waals surface area contributed by atoms with Gasteiger partial charge in [0, 0.05) is 6.12 Å². The van der Waals surface area contributed by atoms with Crippen molar-refractivity contribution in [3.05, 3.63) is 0 Å². The van der Waals surface area contributed by atoms with E-state index >= 15 is 0 Å². The van der Waals surface area contributed by atoms with E-state index in [1.165, 1.54) is 218 Å². The Kier molecular flexibility index (Phi) is 40.4. The van der Waals surface area contributed by atoms with Gasteiger partial charge in [-0.15, -0.1) is 0 Å². The molecule has 2 nitrogen and oxygen atoms in total. The van der Waals surface area contributed by atoms with E-state index in [1.807, 2.05) is 0 Å². The Balaban J connectivity index is 3.25. The van der Waals surface area contributed by atoms with E-state index in [-0.39, 0.29) is 0 Å².